The second kappa shape index (κ2) is 7.87. The Kier molecular flexibility index (Phi) is 5.37. The van der Waals surface area contributed by atoms with Gasteiger partial charge in [0.15, 0.2) is 0 Å². The highest BCUT2D eigenvalue weighted by molar-refractivity contribution is 6.36. The first kappa shape index (κ1) is 17.7. The zero-order valence-electron chi connectivity index (χ0n) is 13.3. The lowest BCUT2D eigenvalue weighted by Crippen LogP contribution is -2.13. The molecule has 5 nitrogen and oxygen atoms in total. The highest BCUT2D eigenvalue weighted by Crippen LogP contribution is 2.26. The molecule has 128 valence electrons. The van der Waals surface area contributed by atoms with Crippen molar-refractivity contribution in [3.8, 4) is 6.07 Å². The normalized spacial score (nSPS) is 10.0. The van der Waals surface area contributed by atoms with Crippen LogP contribution in [0.3, 0.4) is 0 Å². The number of nitrogens with one attached hydrogen (secondary N) is 2. The minimum atomic E-state index is -0.391. The number of rotatable bonds is 4. The third-order valence-corrected chi connectivity index (χ3v) is 4.05. The van der Waals surface area contributed by atoms with E-state index in [0.717, 1.165) is 0 Å². The van der Waals surface area contributed by atoms with Crippen LogP contribution in [0.15, 0.2) is 60.8 Å². The number of benzene rings is 2. The van der Waals surface area contributed by atoms with Crippen LogP contribution in [0.5, 0.6) is 0 Å². The van der Waals surface area contributed by atoms with Gasteiger partial charge in [-0.25, -0.2) is 4.98 Å². The number of nitrogens with zero attached hydrogens (tertiary/aromatic N) is 2. The van der Waals surface area contributed by atoms with Gasteiger partial charge < -0.3 is 10.6 Å². The topological polar surface area (TPSA) is 77.8 Å². The van der Waals surface area contributed by atoms with E-state index in [0.29, 0.717) is 32.7 Å². The molecule has 0 atom stereocenters. The zero-order valence-corrected chi connectivity index (χ0v) is 14.8. The van der Waals surface area contributed by atoms with E-state index in [1.807, 2.05) is 6.07 Å². The summed E-state index contributed by atoms with van der Waals surface area (Å²) in [5.41, 5.74) is 2.53. The molecule has 7 heteroatoms. The number of carbonyl (C=O) groups is 1. The maximum Gasteiger partial charge on any atom is 0.274 e. The molecular formula is C19H12Cl2N4O. The molecule has 0 fully saturated rings. The molecule has 0 spiro atoms. The van der Waals surface area contributed by atoms with Crippen molar-refractivity contribution in [3.05, 3.63) is 82.1 Å². The Morgan fingerprint density at radius 3 is 2.54 bits per heavy atom. The zero-order chi connectivity index (χ0) is 18.5. The Morgan fingerprint density at radius 1 is 1.04 bits per heavy atom. The second-order valence-electron chi connectivity index (χ2n) is 5.29. The number of pyridine rings is 1. The number of para-hydroxylation sites is 1. The lowest BCUT2D eigenvalue weighted by atomic mass is 10.2. The molecule has 1 amide bonds. The first-order chi connectivity index (χ1) is 12.6. The van der Waals surface area contributed by atoms with Crippen molar-refractivity contribution in [2.75, 3.05) is 10.6 Å². The van der Waals surface area contributed by atoms with Gasteiger partial charge in [-0.15, -0.1) is 0 Å². The summed E-state index contributed by atoms with van der Waals surface area (Å²) in [6.45, 7) is 0. The largest absolute Gasteiger partial charge is 0.353 e. The van der Waals surface area contributed by atoms with Crippen LogP contribution in [-0.4, -0.2) is 10.9 Å². The maximum atomic E-state index is 12.3. The van der Waals surface area contributed by atoms with Crippen molar-refractivity contribution < 1.29 is 4.79 Å². The third-order valence-electron chi connectivity index (χ3n) is 3.50. The maximum absolute atomic E-state index is 12.3. The predicted molar refractivity (Wildman–Crippen MR) is 103 cm³/mol. The molecule has 0 aliphatic carbocycles. The summed E-state index contributed by atoms with van der Waals surface area (Å²) in [7, 11) is 0. The molecule has 26 heavy (non-hydrogen) atoms. The van der Waals surface area contributed by atoms with Crippen LogP contribution >= 0.6 is 23.2 Å². The van der Waals surface area contributed by atoms with Gasteiger partial charge in [0.2, 0.25) is 0 Å². The van der Waals surface area contributed by atoms with Gasteiger partial charge in [0.05, 0.1) is 33.8 Å². The van der Waals surface area contributed by atoms with E-state index in [1.165, 1.54) is 6.20 Å². The smallest absolute Gasteiger partial charge is 0.274 e. The average Bonchev–Trinajstić information content (AvgIpc) is 2.65. The van der Waals surface area contributed by atoms with Crippen molar-refractivity contribution >= 4 is 46.2 Å². The number of anilines is 3. The molecule has 3 aromatic rings. The van der Waals surface area contributed by atoms with Gasteiger partial charge in [-0.1, -0.05) is 35.3 Å². The summed E-state index contributed by atoms with van der Waals surface area (Å²) >= 11 is 11.9. The SMILES string of the molecule is N#Cc1ccccc1Nc1ccc(C(=O)Nc2ccc(Cl)cc2Cl)nc1. The summed E-state index contributed by atoms with van der Waals surface area (Å²) in [6.07, 6.45) is 1.52. The van der Waals surface area contributed by atoms with Crippen LogP contribution in [0, 0.1) is 11.3 Å². The van der Waals surface area contributed by atoms with Gasteiger partial charge in [0, 0.05) is 5.02 Å². The minimum absolute atomic E-state index is 0.232. The van der Waals surface area contributed by atoms with Crippen LogP contribution < -0.4 is 10.6 Å². The van der Waals surface area contributed by atoms with Gasteiger partial charge in [-0.3, -0.25) is 4.79 Å². The van der Waals surface area contributed by atoms with Crippen LogP contribution in [0.2, 0.25) is 10.0 Å². The Labute approximate surface area is 160 Å². The first-order valence-electron chi connectivity index (χ1n) is 7.55. The van der Waals surface area contributed by atoms with Crippen molar-refractivity contribution in [1.29, 1.82) is 5.26 Å². The van der Waals surface area contributed by atoms with Gasteiger partial charge in [-0.05, 0) is 42.5 Å². The number of aromatic nitrogens is 1. The fraction of sp³-hybridized carbons (Fsp3) is 0. The molecule has 1 heterocycles. The van der Waals surface area contributed by atoms with Crippen molar-refractivity contribution in [2.45, 2.75) is 0 Å². The van der Waals surface area contributed by atoms with Gasteiger partial charge in [0.1, 0.15) is 11.8 Å². The monoisotopic (exact) mass is 382 g/mol. The van der Waals surface area contributed by atoms with Crippen molar-refractivity contribution in [2.24, 2.45) is 0 Å². The van der Waals surface area contributed by atoms with E-state index in [2.05, 4.69) is 21.7 Å². The van der Waals surface area contributed by atoms with E-state index in [9.17, 15) is 4.79 Å². The summed E-state index contributed by atoms with van der Waals surface area (Å²) < 4.78 is 0. The molecular weight excluding hydrogens is 371 g/mol. The van der Waals surface area contributed by atoms with Gasteiger partial charge in [-0.2, -0.15) is 5.26 Å². The Morgan fingerprint density at radius 2 is 1.85 bits per heavy atom. The predicted octanol–water partition coefficient (Wildman–Crippen LogP) is 5.26. The molecule has 0 aliphatic rings. The molecule has 0 unspecified atom stereocenters. The standard InChI is InChI=1S/C19H12Cl2N4O/c20-13-5-7-17(15(21)9-13)25-19(26)18-8-6-14(11-23-18)24-16-4-2-1-3-12(16)10-22/h1-9,11,24H,(H,25,26). The Bertz CT molecular complexity index is 997. The fourth-order valence-corrected chi connectivity index (χ4v) is 2.68. The van der Waals surface area contributed by atoms with Crippen LogP contribution in [0.1, 0.15) is 16.1 Å². The number of halogens is 2. The van der Waals surface area contributed by atoms with E-state index in [4.69, 9.17) is 28.5 Å². The Hall–Kier alpha value is -3.07. The third kappa shape index (κ3) is 4.12. The highest BCUT2D eigenvalue weighted by Gasteiger charge is 2.10. The number of nitriles is 1. The van der Waals surface area contributed by atoms with E-state index in [1.54, 1.807) is 48.5 Å². The lowest BCUT2D eigenvalue weighted by Gasteiger charge is -2.09. The highest BCUT2D eigenvalue weighted by atomic mass is 35.5. The number of amides is 1. The first-order valence-corrected chi connectivity index (χ1v) is 8.31. The fourth-order valence-electron chi connectivity index (χ4n) is 2.22. The minimum Gasteiger partial charge on any atom is -0.353 e. The molecule has 2 aromatic carbocycles. The molecule has 1 aromatic heterocycles. The second-order valence-corrected chi connectivity index (χ2v) is 6.14. The van der Waals surface area contributed by atoms with Crippen molar-refractivity contribution in [3.63, 3.8) is 0 Å². The molecule has 0 saturated heterocycles. The van der Waals surface area contributed by atoms with Crippen LogP contribution in [0.25, 0.3) is 0 Å². The quantitative estimate of drug-likeness (QED) is 0.645. The Balaban J connectivity index is 1.73. The average molecular weight is 383 g/mol. The molecule has 2 N–H and O–H groups in total. The molecule has 0 saturated carbocycles. The van der Waals surface area contributed by atoms with Gasteiger partial charge in [0.25, 0.3) is 5.91 Å². The molecule has 0 aliphatic heterocycles. The van der Waals surface area contributed by atoms with Crippen LogP contribution in [-0.2, 0) is 0 Å². The van der Waals surface area contributed by atoms with Crippen LogP contribution in [0.4, 0.5) is 17.1 Å². The molecule has 0 bridgehead atoms. The molecule has 0 radical (unpaired) electrons. The molecule has 3 rings (SSSR count). The number of hydrogen-bond donors (Lipinski definition) is 2. The van der Waals surface area contributed by atoms with E-state index < -0.39 is 5.91 Å². The summed E-state index contributed by atoms with van der Waals surface area (Å²) in [5, 5.41) is 15.7. The van der Waals surface area contributed by atoms with Gasteiger partial charge >= 0.3 is 0 Å². The van der Waals surface area contributed by atoms with Crippen molar-refractivity contribution in [1.82, 2.24) is 4.98 Å². The number of carbonyl (C=O) groups excluding carboxylic acids is 1. The van der Waals surface area contributed by atoms with E-state index in [-0.39, 0.29) is 5.69 Å². The number of hydrogen-bond acceptors (Lipinski definition) is 4. The van der Waals surface area contributed by atoms with E-state index >= 15 is 0 Å². The lowest BCUT2D eigenvalue weighted by molar-refractivity contribution is 0.102. The summed E-state index contributed by atoms with van der Waals surface area (Å²) in [4.78, 5) is 16.4. The summed E-state index contributed by atoms with van der Waals surface area (Å²) in [5.74, 6) is -0.391. The summed E-state index contributed by atoms with van der Waals surface area (Å²) in [6, 6.07) is 17.3.